The molecule has 27 heavy (non-hydrogen) atoms. The number of aromatic nitrogens is 2. The van der Waals surface area contributed by atoms with Crippen LogP contribution in [0.1, 0.15) is 12.0 Å². The van der Waals surface area contributed by atoms with E-state index in [-0.39, 0.29) is 17.9 Å². The second kappa shape index (κ2) is 10.4. The SMILES string of the molecule is Cn1c(NCCN(CCO)CCCc2ccc(Br)cc2)cc(=O)n(C)c1=O. The molecule has 2 aromatic rings. The van der Waals surface area contributed by atoms with Crippen LogP contribution in [0.3, 0.4) is 0 Å². The first-order chi connectivity index (χ1) is 12.9. The summed E-state index contributed by atoms with van der Waals surface area (Å²) in [5.74, 6) is 0.502. The summed E-state index contributed by atoms with van der Waals surface area (Å²) in [6, 6.07) is 9.72. The van der Waals surface area contributed by atoms with Crippen LogP contribution in [0.2, 0.25) is 0 Å². The Balaban J connectivity index is 1.84. The van der Waals surface area contributed by atoms with E-state index in [2.05, 4.69) is 38.3 Å². The summed E-state index contributed by atoms with van der Waals surface area (Å²) in [7, 11) is 3.09. The lowest BCUT2D eigenvalue weighted by Crippen LogP contribution is -2.38. The van der Waals surface area contributed by atoms with Crippen molar-refractivity contribution in [3.8, 4) is 0 Å². The van der Waals surface area contributed by atoms with Crippen LogP contribution in [-0.2, 0) is 20.5 Å². The average Bonchev–Trinajstić information content (AvgIpc) is 2.65. The lowest BCUT2D eigenvalue weighted by molar-refractivity contribution is 0.199. The summed E-state index contributed by atoms with van der Waals surface area (Å²) >= 11 is 3.44. The van der Waals surface area contributed by atoms with E-state index >= 15 is 0 Å². The molecule has 1 heterocycles. The van der Waals surface area contributed by atoms with Gasteiger partial charge in [0.25, 0.3) is 5.56 Å². The van der Waals surface area contributed by atoms with Gasteiger partial charge in [0.05, 0.1) is 6.61 Å². The lowest BCUT2D eigenvalue weighted by Gasteiger charge is -2.22. The standard InChI is InChI=1S/C19H27BrN4O3/c1-22-17(14-18(26)23(2)19(22)27)21-9-11-24(12-13-25)10-3-4-15-5-7-16(20)8-6-15/h5-8,14,21,25H,3-4,9-13H2,1-2H3. The highest BCUT2D eigenvalue weighted by atomic mass is 79.9. The van der Waals surface area contributed by atoms with Crippen LogP contribution in [0.15, 0.2) is 44.4 Å². The van der Waals surface area contributed by atoms with Crippen LogP contribution in [0, 0.1) is 0 Å². The smallest absolute Gasteiger partial charge is 0.332 e. The van der Waals surface area contributed by atoms with Crippen molar-refractivity contribution in [2.24, 2.45) is 14.1 Å². The van der Waals surface area contributed by atoms with Crippen molar-refractivity contribution >= 4 is 21.7 Å². The third kappa shape index (κ3) is 6.34. The van der Waals surface area contributed by atoms with Crippen LogP contribution >= 0.6 is 15.9 Å². The molecule has 0 aliphatic carbocycles. The van der Waals surface area contributed by atoms with Crippen LogP contribution in [0.5, 0.6) is 0 Å². The second-order valence-corrected chi connectivity index (χ2v) is 7.41. The van der Waals surface area contributed by atoms with Crippen LogP contribution in [-0.4, -0.2) is 51.9 Å². The summed E-state index contributed by atoms with van der Waals surface area (Å²) < 4.78 is 3.57. The van der Waals surface area contributed by atoms with E-state index in [1.54, 1.807) is 7.05 Å². The molecular weight excluding hydrogens is 412 g/mol. The third-order valence-electron chi connectivity index (χ3n) is 4.53. The summed E-state index contributed by atoms with van der Waals surface area (Å²) in [5.41, 5.74) is 0.601. The highest BCUT2D eigenvalue weighted by Crippen LogP contribution is 2.12. The van der Waals surface area contributed by atoms with E-state index in [9.17, 15) is 14.7 Å². The molecule has 0 saturated carbocycles. The zero-order valence-corrected chi connectivity index (χ0v) is 17.4. The normalized spacial score (nSPS) is 11.1. The molecule has 0 aliphatic heterocycles. The molecule has 0 spiro atoms. The first-order valence-electron chi connectivity index (χ1n) is 9.01. The molecule has 1 aromatic carbocycles. The Bertz CT molecular complexity index is 846. The van der Waals surface area contributed by atoms with Crippen LogP contribution in [0.25, 0.3) is 0 Å². The Kier molecular flexibility index (Phi) is 8.27. The highest BCUT2D eigenvalue weighted by Gasteiger charge is 2.08. The fourth-order valence-electron chi connectivity index (χ4n) is 2.88. The maximum atomic E-state index is 11.9. The van der Waals surface area contributed by atoms with Gasteiger partial charge in [-0.25, -0.2) is 4.79 Å². The van der Waals surface area contributed by atoms with Crippen LogP contribution < -0.4 is 16.6 Å². The molecule has 0 saturated heterocycles. The molecule has 0 bridgehead atoms. The predicted octanol–water partition coefficient (Wildman–Crippen LogP) is 1.19. The number of aliphatic hydroxyl groups is 1. The molecule has 0 radical (unpaired) electrons. The Hall–Kier alpha value is -1.90. The van der Waals surface area contributed by atoms with Crippen molar-refractivity contribution in [1.82, 2.24) is 14.0 Å². The fraction of sp³-hybridized carbons (Fsp3) is 0.474. The molecule has 0 atom stereocenters. The van der Waals surface area contributed by atoms with Gasteiger partial charge < -0.3 is 10.4 Å². The first-order valence-corrected chi connectivity index (χ1v) is 9.80. The maximum absolute atomic E-state index is 11.9. The first kappa shape index (κ1) is 21.4. The summed E-state index contributed by atoms with van der Waals surface area (Å²) in [6.45, 7) is 2.86. The topological polar surface area (TPSA) is 79.5 Å². The number of nitrogens with one attached hydrogen (secondary N) is 1. The number of benzene rings is 1. The van der Waals surface area contributed by atoms with E-state index < -0.39 is 0 Å². The second-order valence-electron chi connectivity index (χ2n) is 6.49. The molecule has 2 N–H and O–H groups in total. The molecule has 7 nitrogen and oxygen atoms in total. The van der Waals surface area contributed by atoms with Crippen molar-refractivity contribution in [1.29, 1.82) is 0 Å². The van der Waals surface area contributed by atoms with Gasteiger partial charge in [-0.3, -0.25) is 18.8 Å². The summed E-state index contributed by atoms with van der Waals surface area (Å²) in [6.07, 6.45) is 1.97. The number of aliphatic hydroxyl groups excluding tert-OH is 1. The number of rotatable bonds is 10. The van der Waals surface area contributed by atoms with Gasteiger partial charge >= 0.3 is 5.69 Å². The molecule has 2 rings (SSSR count). The van der Waals surface area contributed by atoms with E-state index in [1.807, 2.05) is 12.1 Å². The quantitative estimate of drug-likeness (QED) is 0.582. The van der Waals surface area contributed by atoms with Gasteiger partial charge in [0.1, 0.15) is 5.82 Å². The summed E-state index contributed by atoms with van der Waals surface area (Å²) in [5, 5.41) is 12.4. The third-order valence-corrected chi connectivity index (χ3v) is 5.06. The van der Waals surface area contributed by atoms with Gasteiger partial charge in [-0.05, 0) is 37.1 Å². The van der Waals surface area contributed by atoms with Gasteiger partial charge in [0.15, 0.2) is 0 Å². The average molecular weight is 439 g/mol. The lowest BCUT2D eigenvalue weighted by atomic mass is 10.1. The van der Waals surface area contributed by atoms with Crippen molar-refractivity contribution in [2.45, 2.75) is 12.8 Å². The predicted molar refractivity (Wildman–Crippen MR) is 111 cm³/mol. The van der Waals surface area contributed by atoms with E-state index in [1.165, 1.54) is 23.2 Å². The van der Waals surface area contributed by atoms with E-state index in [4.69, 9.17) is 0 Å². The summed E-state index contributed by atoms with van der Waals surface area (Å²) in [4.78, 5) is 25.9. The highest BCUT2D eigenvalue weighted by molar-refractivity contribution is 9.10. The van der Waals surface area contributed by atoms with Crippen molar-refractivity contribution < 1.29 is 5.11 Å². The fourth-order valence-corrected chi connectivity index (χ4v) is 3.14. The maximum Gasteiger partial charge on any atom is 0.332 e. The van der Waals surface area contributed by atoms with E-state index in [0.29, 0.717) is 25.5 Å². The minimum atomic E-state index is -0.355. The van der Waals surface area contributed by atoms with Gasteiger partial charge in [-0.1, -0.05) is 28.1 Å². The van der Waals surface area contributed by atoms with Crippen LogP contribution in [0.4, 0.5) is 5.82 Å². The largest absolute Gasteiger partial charge is 0.395 e. The molecule has 0 unspecified atom stereocenters. The van der Waals surface area contributed by atoms with Crippen molar-refractivity contribution in [3.63, 3.8) is 0 Å². The molecular formula is C19H27BrN4O3. The Morgan fingerprint density at radius 3 is 2.44 bits per heavy atom. The van der Waals surface area contributed by atoms with Gasteiger partial charge in [-0.15, -0.1) is 0 Å². The molecule has 1 aromatic heterocycles. The number of anilines is 1. The minimum absolute atomic E-state index is 0.0999. The Morgan fingerprint density at radius 1 is 1.07 bits per heavy atom. The molecule has 0 amide bonds. The number of halogens is 1. The molecule has 0 aliphatic rings. The van der Waals surface area contributed by atoms with Gasteiger partial charge in [-0.2, -0.15) is 0 Å². The minimum Gasteiger partial charge on any atom is -0.395 e. The molecule has 8 heteroatoms. The number of hydrogen-bond donors (Lipinski definition) is 2. The van der Waals surface area contributed by atoms with Crippen molar-refractivity contribution in [3.05, 3.63) is 61.2 Å². The zero-order chi connectivity index (χ0) is 19.8. The van der Waals surface area contributed by atoms with Crippen molar-refractivity contribution in [2.75, 3.05) is 38.1 Å². The Morgan fingerprint density at radius 2 is 1.78 bits per heavy atom. The number of aryl methyl sites for hydroxylation is 1. The molecule has 0 fully saturated rings. The number of nitrogens with zero attached hydrogens (tertiary/aromatic N) is 3. The monoisotopic (exact) mass is 438 g/mol. The van der Waals surface area contributed by atoms with Gasteiger partial charge in [0.2, 0.25) is 0 Å². The number of hydrogen-bond acceptors (Lipinski definition) is 5. The molecule has 148 valence electrons. The van der Waals surface area contributed by atoms with Gasteiger partial charge in [0, 0.05) is 44.3 Å². The Labute approximate surface area is 167 Å². The zero-order valence-electron chi connectivity index (χ0n) is 15.8. The van der Waals surface area contributed by atoms with E-state index in [0.717, 1.165) is 28.4 Å².